The summed E-state index contributed by atoms with van der Waals surface area (Å²) in [7, 11) is 0. The first-order valence-electron chi connectivity index (χ1n) is 10.0. The Bertz CT molecular complexity index is 1330. The lowest BCUT2D eigenvalue weighted by Gasteiger charge is -2.10. The van der Waals surface area contributed by atoms with Gasteiger partial charge in [0.25, 0.3) is 11.9 Å². The van der Waals surface area contributed by atoms with Crippen molar-refractivity contribution in [2.45, 2.75) is 6.92 Å². The number of fused-ring (bicyclic) bond motifs is 1. The van der Waals surface area contributed by atoms with Gasteiger partial charge in [-0.1, -0.05) is 89.4 Å². The molecule has 35 heavy (non-hydrogen) atoms. The second kappa shape index (κ2) is 13.3. The molecule has 1 amide bonds. The molecule has 0 aliphatic carbocycles. The van der Waals surface area contributed by atoms with Crippen molar-refractivity contribution in [1.29, 1.82) is 0 Å². The van der Waals surface area contributed by atoms with Gasteiger partial charge in [-0.05, 0) is 35.7 Å². The molecule has 6 nitrogen and oxygen atoms in total. The maximum Gasteiger partial charge on any atom is 0.336 e. The molecule has 0 aromatic heterocycles. The Morgan fingerprint density at radius 3 is 1.74 bits per heavy atom. The highest BCUT2D eigenvalue weighted by Gasteiger charge is 2.16. The number of benzene rings is 4. The van der Waals surface area contributed by atoms with Gasteiger partial charge in [0.05, 0.1) is 26.2 Å². The number of amides is 1. The van der Waals surface area contributed by atoms with E-state index in [0.717, 1.165) is 17.7 Å². The summed E-state index contributed by atoms with van der Waals surface area (Å²) in [5.74, 6) is -2.39. The van der Waals surface area contributed by atoms with Gasteiger partial charge in [-0.3, -0.25) is 9.59 Å². The van der Waals surface area contributed by atoms with Crippen molar-refractivity contribution in [2.24, 2.45) is 0 Å². The van der Waals surface area contributed by atoms with Crippen molar-refractivity contribution in [2.75, 3.05) is 5.32 Å². The SMILES string of the molecule is CC(=O)O.Clc1cccc(Cl)c1Cl.O=C(O)c1ccccc1C(=O)Nc1cccc2ccccc12. The standard InChI is InChI=1S/C18H13NO3.C6H3Cl3.C2H4O2/c20-17(14-9-3-4-10-15(14)18(21)22)19-16-11-5-7-12-6-1-2-8-13(12)16;7-4-2-1-3-5(8)6(4)9;1-2(3)4/h1-11H,(H,19,20)(H,21,22);1-3H;1H3,(H,3,4). The van der Waals surface area contributed by atoms with Crippen molar-refractivity contribution in [3.05, 3.63) is 111 Å². The van der Waals surface area contributed by atoms with E-state index in [1.165, 1.54) is 12.1 Å². The van der Waals surface area contributed by atoms with Crippen LogP contribution in [0.3, 0.4) is 0 Å². The molecule has 0 radical (unpaired) electrons. The highest BCUT2D eigenvalue weighted by molar-refractivity contribution is 6.47. The van der Waals surface area contributed by atoms with Crippen LogP contribution in [0.15, 0.2) is 84.9 Å². The molecule has 0 atom stereocenters. The fourth-order valence-electron chi connectivity index (χ4n) is 2.87. The molecule has 0 aliphatic heterocycles. The van der Waals surface area contributed by atoms with Crippen molar-refractivity contribution in [1.82, 2.24) is 0 Å². The first kappa shape index (κ1) is 27.7. The highest BCUT2D eigenvalue weighted by atomic mass is 35.5. The Balaban J connectivity index is 0.000000275. The van der Waals surface area contributed by atoms with Crippen LogP contribution in [0, 0.1) is 0 Å². The second-order valence-corrected chi connectivity index (χ2v) is 8.08. The van der Waals surface area contributed by atoms with Gasteiger partial charge in [0.2, 0.25) is 0 Å². The third-order valence-corrected chi connectivity index (χ3v) is 5.58. The number of carbonyl (C=O) groups excluding carboxylic acids is 1. The minimum atomic E-state index is -1.12. The number of anilines is 1. The van der Waals surface area contributed by atoms with Crippen molar-refractivity contribution in [3.63, 3.8) is 0 Å². The zero-order valence-corrected chi connectivity index (χ0v) is 20.6. The normalized spacial score (nSPS) is 9.71. The second-order valence-electron chi connectivity index (χ2n) is 6.89. The number of carboxylic acids is 2. The average molecular weight is 533 g/mol. The molecular weight excluding hydrogens is 513 g/mol. The van der Waals surface area contributed by atoms with Crippen LogP contribution < -0.4 is 5.32 Å². The number of rotatable bonds is 3. The van der Waals surface area contributed by atoms with E-state index in [0.29, 0.717) is 20.8 Å². The molecule has 0 unspecified atom stereocenters. The van der Waals surface area contributed by atoms with E-state index in [1.54, 1.807) is 36.4 Å². The lowest BCUT2D eigenvalue weighted by Crippen LogP contribution is -2.16. The maximum atomic E-state index is 12.4. The summed E-state index contributed by atoms with van der Waals surface area (Å²) in [5, 5.41) is 22.7. The zero-order chi connectivity index (χ0) is 26.0. The lowest BCUT2D eigenvalue weighted by molar-refractivity contribution is -0.134. The molecule has 4 aromatic carbocycles. The Morgan fingerprint density at radius 1 is 0.686 bits per heavy atom. The lowest BCUT2D eigenvalue weighted by atomic mass is 10.1. The number of hydrogen-bond acceptors (Lipinski definition) is 3. The summed E-state index contributed by atoms with van der Waals surface area (Å²) in [5.41, 5.74) is 0.784. The largest absolute Gasteiger partial charge is 0.481 e. The van der Waals surface area contributed by atoms with Gasteiger partial charge in [-0.15, -0.1) is 0 Å². The Morgan fingerprint density at radius 2 is 1.17 bits per heavy atom. The molecule has 0 aliphatic rings. The van der Waals surface area contributed by atoms with Crippen LogP contribution in [-0.2, 0) is 4.79 Å². The van der Waals surface area contributed by atoms with Gasteiger partial charge >= 0.3 is 5.97 Å². The van der Waals surface area contributed by atoms with Crippen LogP contribution >= 0.6 is 34.8 Å². The van der Waals surface area contributed by atoms with Crippen LogP contribution in [0.1, 0.15) is 27.6 Å². The summed E-state index contributed by atoms with van der Waals surface area (Å²) in [6, 6.07) is 24.6. The van der Waals surface area contributed by atoms with E-state index in [2.05, 4.69) is 5.32 Å². The van der Waals surface area contributed by atoms with Gasteiger partial charge in [-0.2, -0.15) is 0 Å². The zero-order valence-electron chi connectivity index (χ0n) is 18.3. The van der Waals surface area contributed by atoms with E-state index < -0.39 is 17.8 Å². The summed E-state index contributed by atoms with van der Waals surface area (Å²) in [6.07, 6.45) is 0. The number of nitrogens with one attached hydrogen (secondary N) is 1. The predicted octanol–water partition coefficient (Wildman–Crippen LogP) is 7.53. The molecule has 0 saturated carbocycles. The first-order valence-corrected chi connectivity index (χ1v) is 11.2. The summed E-state index contributed by atoms with van der Waals surface area (Å²) in [4.78, 5) is 32.6. The Kier molecular flexibility index (Phi) is 10.5. The third-order valence-electron chi connectivity index (χ3n) is 4.34. The fourth-order valence-corrected chi connectivity index (χ4v) is 3.39. The van der Waals surface area contributed by atoms with Gasteiger partial charge in [-0.25, -0.2) is 4.79 Å². The van der Waals surface area contributed by atoms with Crippen LogP contribution in [0.2, 0.25) is 15.1 Å². The van der Waals surface area contributed by atoms with E-state index in [1.807, 2.05) is 36.4 Å². The van der Waals surface area contributed by atoms with E-state index in [9.17, 15) is 14.7 Å². The van der Waals surface area contributed by atoms with E-state index in [4.69, 9.17) is 44.7 Å². The number of aliphatic carboxylic acids is 1. The molecule has 0 bridgehead atoms. The van der Waals surface area contributed by atoms with Crippen LogP contribution in [0.5, 0.6) is 0 Å². The summed E-state index contributed by atoms with van der Waals surface area (Å²) in [6.45, 7) is 1.08. The number of hydrogen-bond donors (Lipinski definition) is 3. The number of carboxylic acid groups (broad SMARTS) is 2. The Labute approximate surface area is 216 Å². The highest BCUT2D eigenvalue weighted by Crippen LogP contribution is 2.28. The van der Waals surface area contributed by atoms with Crippen LogP contribution in [-0.4, -0.2) is 28.1 Å². The van der Waals surface area contributed by atoms with Gasteiger partial charge < -0.3 is 15.5 Å². The molecule has 0 spiro atoms. The third kappa shape index (κ3) is 8.30. The number of aromatic carboxylic acids is 1. The van der Waals surface area contributed by atoms with Crippen LogP contribution in [0.4, 0.5) is 5.69 Å². The number of halogens is 3. The molecule has 0 saturated heterocycles. The molecular formula is C26H20Cl3NO5. The van der Waals surface area contributed by atoms with E-state index in [-0.39, 0.29) is 11.1 Å². The summed E-state index contributed by atoms with van der Waals surface area (Å²) >= 11 is 16.8. The Hall–Kier alpha value is -3.58. The molecule has 0 heterocycles. The molecule has 4 rings (SSSR count). The quantitative estimate of drug-likeness (QED) is 0.237. The van der Waals surface area contributed by atoms with Crippen molar-refractivity contribution in [3.8, 4) is 0 Å². The smallest absolute Gasteiger partial charge is 0.336 e. The molecule has 180 valence electrons. The fraction of sp³-hybridized carbons (Fsp3) is 0.0385. The van der Waals surface area contributed by atoms with Crippen LogP contribution in [0.25, 0.3) is 10.8 Å². The molecule has 0 fully saturated rings. The minimum Gasteiger partial charge on any atom is -0.481 e. The molecule has 4 aromatic rings. The topological polar surface area (TPSA) is 104 Å². The van der Waals surface area contributed by atoms with E-state index >= 15 is 0 Å². The van der Waals surface area contributed by atoms with Crippen molar-refractivity contribution >= 4 is 69.1 Å². The minimum absolute atomic E-state index is 0.0137. The molecule has 3 N–H and O–H groups in total. The van der Waals surface area contributed by atoms with Gasteiger partial charge in [0.1, 0.15) is 0 Å². The van der Waals surface area contributed by atoms with Crippen molar-refractivity contribution < 1.29 is 24.6 Å². The van der Waals surface area contributed by atoms with Gasteiger partial charge in [0, 0.05) is 18.0 Å². The summed E-state index contributed by atoms with van der Waals surface area (Å²) < 4.78 is 0. The monoisotopic (exact) mass is 531 g/mol. The number of carbonyl (C=O) groups is 3. The predicted molar refractivity (Wildman–Crippen MR) is 140 cm³/mol. The first-order chi connectivity index (χ1) is 16.6. The average Bonchev–Trinajstić information content (AvgIpc) is 2.83. The van der Waals surface area contributed by atoms with Gasteiger partial charge in [0.15, 0.2) is 0 Å². The molecule has 9 heteroatoms. The maximum absolute atomic E-state index is 12.4.